The van der Waals surface area contributed by atoms with Gasteiger partial charge in [0.15, 0.2) is 5.43 Å². The lowest BCUT2D eigenvalue weighted by Crippen LogP contribution is -3.05. The summed E-state index contributed by atoms with van der Waals surface area (Å²) in [6, 6.07) is 10.8. The summed E-state index contributed by atoms with van der Waals surface area (Å²) in [6.07, 6.45) is 0.828. The third kappa shape index (κ3) is 3.72. The number of quaternary nitrogens is 1. The average Bonchev–Trinajstić information content (AvgIpc) is 3.02. The second kappa shape index (κ2) is 8.19. The van der Waals surface area contributed by atoms with Crippen molar-refractivity contribution < 1.29 is 18.8 Å². The summed E-state index contributed by atoms with van der Waals surface area (Å²) in [5, 5.41) is 0.516. The number of benzene rings is 2. The Morgan fingerprint density at radius 1 is 1.10 bits per heavy atom. The molecule has 31 heavy (non-hydrogen) atoms. The van der Waals surface area contributed by atoms with E-state index in [-0.39, 0.29) is 17.1 Å². The van der Waals surface area contributed by atoms with Crippen LogP contribution in [0, 0.1) is 13.8 Å². The predicted molar refractivity (Wildman–Crippen MR) is 120 cm³/mol. The van der Waals surface area contributed by atoms with E-state index in [1.807, 2.05) is 50.2 Å². The fourth-order valence-corrected chi connectivity index (χ4v) is 4.27. The van der Waals surface area contributed by atoms with E-state index in [9.17, 15) is 9.59 Å². The molecule has 162 valence electrons. The second-order valence-electron chi connectivity index (χ2n) is 8.59. The first kappa shape index (κ1) is 21.1. The Kier molecular flexibility index (Phi) is 5.58. The van der Waals surface area contributed by atoms with Crippen LogP contribution in [-0.2, 0) is 0 Å². The summed E-state index contributed by atoms with van der Waals surface area (Å²) in [5.74, 6) is 0.618. The highest BCUT2D eigenvalue weighted by atomic mass is 16.5. The maximum Gasteiger partial charge on any atom is 0.290 e. The fourth-order valence-electron chi connectivity index (χ4n) is 4.27. The van der Waals surface area contributed by atoms with Crippen LogP contribution in [0.5, 0.6) is 5.75 Å². The number of rotatable bonds is 6. The third-order valence-electron chi connectivity index (χ3n) is 6.07. The van der Waals surface area contributed by atoms with Crippen LogP contribution in [0.4, 0.5) is 0 Å². The van der Waals surface area contributed by atoms with Gasteiger partial charge in [0.1, 0.15) is 11.3 Å². The molecule has 4 rings (SSSR count). The Hall–Kier alpha value is -3.12. The molecule has 1 aliphatic heterocycles. The molecule has 1 atom stereocenters. The second-order valence-corrected chi connectivity index (χ2v) is 8.59. The van der Waals surface area contributed by atoms with Crippen molar-refractivity contribution in [2.45, 2.75) is 26.3 Å². The number of carbonyl (C=O) groups is 1. The van der Waals surface area contributed by atoms with E-state index in [4.69, 9.17) is 9.15 Å². The van der Waals surface area contributed by atoms with Crippen molar-refractivity contribution in [3.8, 4) is 5.75 Å². The van der Waals surface area contributed by atoms with Gasteiger partial charge < -0.3 is 19.0 Å². The van der Waals surface area contributed by atoms with E-state index in [0.717, 1.165) is 29.7 Å². The van der Waals surface area contributed by atoms with Gasteiger partial charge >= 0.3 is 0 Å². The summed E-state index contributed by atoms with van der Waals surface area (Å²) in [5.41, 5.74) is 3.64. The molecular formula is C25H29N2O4+. The zero-order valence-corrected chi connectivity index (χ0v) is 18.7. The number of hydrogen-bond donors (Lipinski definition) is 1. The number of carbonyl (C=O) groups excluding carboxylic acids is 1. The van der Waals surface area contributed by atoms with Gasteiger partial charge in [0.25, 0.3) is 5.91 Å². The first-order valence-electron chi connectivity index (χ1n) is 10.6. The van der Waals surface area contributed by atoms with Crippen LogP contribution >= 0.6 is 0 Å². The SMILES string of the molecule is COc1cccc([C@H]2c3c(oc4cc(C)c(C)cc4c3=O)C(=O)N2CCC[NH+](C)C)c1. The van der Waals surface area contributed by atoms with E-state index >= 15 is 0 Å². The number of nitrogens with one attached hydrogen (secondary N) is 1. The van der Waals surface area contributed by atoms with Crippen molar-refractivity contribution in [3.63, 3.8) is 0 Å². The molecule has 1 aliphatic rings. The molecule has 3 aromatic rings. The Morgan fingerprint density at radius 2 is 1.84 bits per heavy atom. The number of hydrogen-bond acceptors (Lipinski definition) is 4. The highest BCUT2D eigenvalue weighted by molar-refractivity contribution is 5.99. The fraction of sp³-hybridized carbons (Fsp3) is 0.360. The molecule has 1 aromatic heterocycles. The van der Waals surface area contributed by atoms with Crippen LogP contribution in [0.15, 0.2) is 45.6 Å². The van der Waals surface area contributed by atoms with Gasteiger partial charge in [0.05, 0.1) is 44.7 Å². The van der Waals surface area contributed by atoms with Gasteiger partial charge in [-0.15, -0.1) is 0 Å². The molecule has 2 aromatic carbocycles. The minimum absolute atomic E-state index is 0.138. The molecule has 0 saturated carbocycles. The minimum Gasteiger partial charge on any atom is -0.497 e. The maximum absolute atomic E-state index is 13.6. The summed E-state index contributed by atoms with van der Waals surface area (Å²) in [4.78, 5) is 30.1. The largest absolute Gasteiger partial charge is 0.497 e. The summed E-state index contributed by atoms with van der Waals surface area (Å²) >= 11 is 0. The first-order chi connectivity index (χ1) is 14.8. The molecule has 0 bridgehead atoms. The standard InChI is InChI=1S/C25H28N2O4/c1-15-12-19-20(13-16(15)2)31-24-21(23(19)28)22(17-8-6-9-18(14-17)30-5)27(25(24)29)11-7-10-26(3)4/h6,8-9,12-14,22H,7,10-11H2,1-5H3/p+1/t22-/m0/s1. The van der Waals surface area contributed by atoms with Crippen molar-refractivity contribution in [1.82, 2.24) is 4.90 Å². The van der Waals surface area contributed by atoms with Crippen LogP contribution < -0.4 is 15.1 Å². The summed E-state index contributed by atoms with van der Waals surface area (Å²) < 4.78 is 11.5. The Labute approximate surface area is 182 Å². The van der Waals surface area contributed by atoms with Crippen LogP contribution in [0.2, 0.25) is 0 Å². The number of nitrogens with zero attached hydrogens (tertiary/aromatic N) is 1. The van der Waals surface area contributed by atoms with Gasteiger partial charge in [-0.3, -0.25) is 9.59 Å². The zero-order chi connectivity index (χ0) is 22.3. The molecular weight excluding hydrogens is 392 g/mol. The number of aryl methyl sites for hydroxylation is 2. The molecule has 0 spiro atoms. The van der Waals surface area contributed by atoms with Gasteiger partial charge in [-0.2, -0.15) is 0 Å². The monoisotopic (exact) mass is 421 g/mol. The molecule has 1 N–H and O–H groups in total. The van der Waals surface area contributed by atoms with E-state index in [2.05, 4.69) is 14.1 Å². The van der Waals surface area contributed by atoms with Gasteiger partial charge in [0, 0.05) is 13.0 Å². The number of fused-ring (bicyclic) bond motifs is 2. The van der Waals surface area contributed by atoms with Crippen molar-refractivity contribution >= 4 is 16.9 Å². The van der Waals surface area contributed by atoms with Crippen LogP contribution in [0.1, 0.15) is 45.3 Å². The smallest absolute Gasteiger partial charge is 0.290 e. The van der Waals surface area contributed by atoms with Crippen molar-refractivity contribution in [1.29, 1.82) is 0 Å². The molecule has 0 aliphatic carbocycles. The minimum atomic E-state index is -0.489. The quantitative estimate of drug-likeness (QED) is 0.664. The number of ether oxygens (including phenoxy) is 1. The van der Waals surface area contributed by atoms with Crippen LogP contribution in [0.3, 0.4) is 0 Å². The van der Waals surface area contributed by atoms with E-state index in [1.165, 1.54) is 4.90 Å². The Morgan fingerprint density at radius 3 is 2.55 bits per heavy atom. The Balaban J connectivity index is 1.91. The maximum atomic E-state index is 13.6. The van der Waals surface area contributed by atoms with Crippen molar-refractivity contribution in [3.05, 3.63) is 74.6 Å². The van der Waals surface area contributed by atoms with E-state index in [0.29, 0.717) is 28.8 Å². The number of methoxy groups -OCH3 is 1. The normalized spacial score (nSPS) is 15.7. The molecule has 0 unspecified atom stereocenters. The Bertz CT molecular complexity index is 1210. The lowest BCUT2D eigenvalue weighted by molar-refractivity contribution is -0.858. The lowest BCUT2D eigenvalue weighted by atomic mass is 9.97. The van der Waals surface area contributed by atoms with Gasteiger partial charge in [-0.25, -0.2) is 0 Å². The van der Waals surface area contributed by atoms with Crippen molar-refractivity contribution in [2.24, 2.45) is 0 Å². The van der Waals surface area contributed by atoms with E-state index < -0.39 is 6.04 Å². The highest BCUT2D eigenvalue weighted by Gasteiger charge is 2.42. The van der Waals surface area contributed by atoms with Gasteiger partial charge in [-0.1, -0.05) is 12.1 Å². The molecule has 0 fully saturated rings. The molecule has 0 radical (unpaired) electrons. The summed E-state index contributed by atoms with van der Waals surface area (Å²) in [7, 11) is 5.78. The summed E-state index contributed by atoms with van der Waals surface area (Å²) in [6.45, 7) is 5.41. The van der Waals surface area contributed by atoms with Gasteiger partial charge in [0.2, 0.25) is 5.76 Å². The molecule has 6 nitrogen and oxygen atoms in total. The zero-order valence-electron chi connectivity index (χ0n) is 18.7. The van der Waals surface area contributed by atoms with Crippen molar-refractivity contribution in [2.75, 3.05) is 34.3 Å². The molecule has 2 heterocycles. The highest BCUT2D eigenvalue weighted by Crippen LogP contribution is 2.39. The van der Waals surface area contributed by atoms with Crippen LogP contribution in [0.25, 0.3) is 11.0 Å². The number of amides is 1. The van der Waals surface area contributed by atoms with E-state index in [1.54, 1.807) is 12.0 Å². The average molecular weight is 422 g/mol. The predicted octanol–water partition coefficient (Wildman–Crippen LogP) is 2.50. The molecule has 1 amide bonds. The third-order valence-corrected chi connectivity index (χ3v) is 6.07. The van der Waals surface area contributed by atoms with Gasteiger partial charge in [-0.05, 0) is 54.8 Å². The molecule has 6 heteroatoms. The first-order valence-corrected chi connectivity index (χ1v) is 10.6. The topological polar surface area (TPSA) is 64.2 Å². The van der Waals surface area contributed by atoms with Crippen LogP contribution in [-0.4, -0.2) is 45.1 Å². The lowest BCUT2D eigenvalue weighted by Gasteiger charge is -2.25. The molecule has 0 saturated heterocycles.